The van der Waals surface area contributed by atoms with Crippen LogP contribution in [0, 0.1) is 22.9 Å². The molecule has 0 bridgehead atoms. The fraction of sp³-hybridized carbons (Fsp3) is 0.694. The first-order chi connectivity index (χ1) is 38.5. The van der Waals surface area contributed by atoms with Gasteiger partial charge in [-0.15, -0.1) is 0 Å². The van der Waals surface area contributed by atoms with E-state index in [1.54, 1.807) is 17.4 Å². The maximum absolute atomic E-state index is 13.6. The van der Waals surface area contributed by atoms with Gasteiger partial charge in [-0.25, -0.2) is 17.9 Å². The smallest absolute Gasteiger partial charge is 0.350 e. The van der Waals surface area contributed by atoms with Crippen molar-refractivity contribution < 1.29 is 99.4 Å². The molecule has 3 aliphatic rings. The van der Waals surface area contributed by atoms with Crippen molar-refractivity contribution in [3.63, 3.8) is 0 Å². The van der Waals surface area contributed by atoms with Crippen LogP contribution < -0.4 is 15.4 Å². The standard InChI is InChI=1S/C49H73ClF3N8O18P/c1-55-60(7-9-69-11-13-71-15-14-70-12-10-68-8-4-42(62)79-45-38(52)24-34(51)25-39(45)53)27-35(54)29-75-21-20-73-17-16-72-18-19-74-22-23-77-36-2-5-49(6-3-36)31-59(32-49)46-37-26-56-61(47(37)58-48(50)57-46)28-40-43(63)44(64)41(78-40)30-76-33-80(65,66)67/h24-27,36,40-41,43-44,63-64H,1-23,28-33,54H2,(H2,65,66,67)/b35-27-/t40-,41-,43+,44-/m1/s1. The zero-order valence-electron chi connectivity index (χ0n) is 44.4. The Morgan fingerprint density at radius 2 is 1.38 bits per heavy atom. The minimum atomic E-state index is -4.41. The Balaban J connectivity index is 0.689. The van der Waals surface area contributed by atoms with E-state index in [9.17, 15) is 32.7 Å². The van der Waals surface area contributed by atoms with Crippen molar-refractivity contribution in [2.45, 2.75) is 69.2 Å². The molecule has 6 N–H and O–H groups in total. The van der Waals surface area contributed by atoms with E-state index in [4.69, 9.17) is 79.2 Å². The van der Waals surface area contributed by atoms with Gasteiger partial charge in [0.25, 0.3) is 0 Å². The molecule has 0 radical (unpaired) electrons. The number of halogens is 4. The third kappa shape index (κ3) is 21.8. The summed E-state index contributed by atoms with van der Waals surface area (Å²) < 4.78 is 118. The van der Waals surface area contributed by atoms with E-state index in [-0.39, 0.29) is 62.8 Å². The van der Waals surface area contributed by atoms with Gasteiger partial charge in [0.05, 0.1) is 162 Å². The van der Waals surface area contributed by atoms with Gasteiger partial charge in [0, 0.05) is 43.6 Å². The number of hydrazone groups is 1. The minimum absolute atomic E-state index is 0.0268. The lowest BCUT2D eigenvalue weighted by molar-refractivity contribution is -0.136. The number of aliphatic hydroxyl groups is 2. The maximum Gasteiger partial charge on any atom is 0.350 e. The predicted molar refractivity (Wildman–Crippen MR) is 278 cm³/mol. The van der Waals surface area contributed by atoms with E-state index in [2.05, 4.69) is 36.5 Å². The van der Waals surface area contributed by atoms with Crippen molar-refractivity contribution in [1.82, 2.24) is 24.8 Å². The number of carbonyl (C=O) groups excluding carboxylic acids is 1. The van der Waals surface area contributed by atoms with Crippen LogP contribution in [0.5, 0.6) is 5.75 Å². The molecular formula is C49H73ClF3N8O18P. The van der Waals surface area contributed by atoms with Crippen LogP contribution in [0.2, 0.25) is 5.28 Å². The third-order valence-electron chi connectivity index (χ3n) is 12.8. The molecule has 1 spiro atoms. The molecule has 80 heavy (non-hydrogen) atoms. The number of nitrogens with zero attached hydrogens (tertiary/aromatic N) is 7. The summed E-state index contributed by atoms with van der Waals surface area (Å²) in [4.78, 5) is 40.9. The Morgan fingerprint density at radius 1 is 0.825 bits per heavy atom. The highest BCUT2D eigenvalue weighted by atomic mass is 35.5. The lowest BCUT2D eigenvalue weighted by Crippen LogP contribution is -2.58. The number of aromatic nitrogens is 4. The second-order valence-electron chi connectivity index (χ2n) is 18.9. The molecule has 1 saturated carbocycles. The summed E-state index contributed by atoms with van der Waals surface area (Å²) in [5.74, 6) is -4.99. The van der Waals surface area contributed by atoms with Crippen LogP contribution >= 0.6 is 19.2 Å². The van der Waals surface area contributed by atoms with E-state index >= 15 is 0 Å². The first-order valence-electron chi connectivity index (χ1n) is 26.1. The number of esters is 1. The fourth-order valence-corrected chi connectivity index (χ4v) is 9.36. The molecule has 450 valence electrons. The summed E-state index contributed by atoms with van der Waals surface area (Å²) in [6.07, 6.45) is 1.68. The van der Waals surface area contributed by atoms with E-state index in [0.29, 0.717) is 127 Å². The minimum Gasteiger partial charge on any atom is -0.420 e. The fourth-order valence-electron chi connectivity index (χ4n) is 8.86. The first kappa shape index (κ1) is 64.9. The van der Waals surface area contributed by atoms with Crippen molar-refractivity contribution in [3.8, 4) is 5.75 Å². The largest absolute Gasteiger partial charge is 0.420 e. The molecule has 6 rings (SSSR count). The molecule has 2 aliphatic heterocycles. The Morgan fingerprint density at radius 3 is 1.96 bits per heavy atom. The molecule has 1 aliphatic carbocycles. The second kappa shape index (κ2) is 33.8. The summed E-state index contributed by atoms with van der Waals surface area (Å²) in [7, 11) is -4.41. The second-order valence-corrected chi connectivity index (χ2v) is 20.9. The van der Waals surface area contributed by atoms with Crippen LogP contribution in [-0.4, -0.2) is 233 Å². The molecule has 0 amide bonds. The summed E-state index contributed by atoms with van der Waals surface area (Å²) in [5.41, 5.74) is 7.10. The summed E-state index contributed by atoms with van der Waals surface area (Å²) in [5, 5.41) is 31.8. The van der Waals surface area contributed by atoms with Gasteiger partial charge in [-0.1, -0.05) is 0 Å². The molecule has 3 fully saturated rings. The quantitative estimate of drug-likeness (QED) is 0.0104. The lowest BCUT2D eigenvalue weighted by atomic mass is 9.68. The number of fused-ring (bicyclic) bond motifs is 1. The highest BCUT2D eigenvalue weighted by Crippen LogP contribution is 2.47. The molecular weight excluding hydrogens is 1110 g/mol. The SMILES string of the molecule is C=NN(/C=C(\N)COCCOCCOCCOCCOC1CCC2(CC1)CN(c1nc(Cl)nc3c1cnn3C[C@H]1O[C@H](COCP(=O)(O)O)[C@@H](O)[C@H]1O)C2)CCOCCOCCOCCOCCC(=O)Oc1c(F)cc(F)cc1F. The molecule has 31 heteroatoms. The third-order valence-corrected chi connectivity index (χ3v) is 13.5. The molecule has 26 nitrogen and oxygen atoms in total. The van der Waals surface area contributed by atoms with Gasteiger partial charge in [0.1, 0.15) is 42.4 Å². The Bertz CT molecular complexity index is 2420. The van der Waals surface area contributed by atoms with Crippen LogP contribution in [0.15, 0.2) is 35.3 Å². The monoisotopic (exact) mass is 1180 g/mol. The van der Waals surface area contributed by atoms with Crippen LogP contribution in [-0.2, 0) is 68.0 Å². The Kier molecular flexibility index (Phi) is 27.4. The molecule has 4 atom stereocenters. The molecule has 3 aromatic rings. The van der Waals surface area contributed by atoms with E-state index in [0.717, 1.165) is 38.8 Å². The maximum atomic E-state index is 13.6. The van der Waals surface area contributed by atoms with Gasteiger partial charge >= 0.3 is 13.6 Å². The van der Waals surface area contributed by atoms with Crippen LogP contribution in [0.4, 0.5) is 19.0 Å². The lowest BCUT2D eigenvalue weighted by Gasteiger charge is -2.54. The van der Waals surface area contributed by atoms with Gasteiger partial charge in [-0.05, 0) is 37.3 Å². The number of nitrogens with two attached hydrogens (primary N) is 1. The Labute approximate surface area is 465 Å². The number of aliphatic hydroxyl groups excluding tert-OH is 2. The van der Waals surface area contributed by atoms with Crippen LogP contribution in [0.25, 0.3) is 11.0 Å². The average Bonchev–Trinajstić information content (AvgIpc) is 4.02. The molecule has 2 aromatic heterocycles. The zero-order chi connectivity index (χ0) is 57.3. The number of carbonyl (C=O) groups is 1. The first-order valence-corrected chi connectivity index (χ1v) is 28.3. The molecule has 2 saturated heterocycles. The van der Waals surface area contributed by atoms with Crippen LogP contribution in [0.1, 0.15) is 32.1 Å². The summed E-state index contributed by atoms with van der Waals surface area (Å²) >= 11 is 6.39. The molecule has 4 heterocycles. The normalized spacial score (nSPS) is 19.6. The molecule has 1 aromatic carbocycles. The van der Waals surface area contributed by atoms with E-state index < -0.39 is 67.5 Å². The van der Waals surface area contributed by atoms with Crippen molar-refractivity contribution in [2.75, 3.05) is 150 Å². The van der Waals surface area contributed by atoms with Crippen molar-refractivity contribution in [2.24, 2.45) is 16.3 Å². The Hall–Kier alpha value is -4.24. The number of rotatable bonds is 40. The average molecular weight is 1190 g/mol. The van der Waals surface area contributed by atoms with Gasteiger partial charge in [-0.3, -0.25) is 14.4 Å². The number of hydrogen-bond acceptors (Lipinski definition) is 23. The predicted octanol–water partition coefficient (Wildman–Crippen LogP) is 2.15. The topological polar surface area (TPSA) is 314 Å². The number of benzene rings is 1. The number of hydrogen-bond donors (Lipinski definition) is 5. The van der Waals surface area contributed by atoms with Gasteiger partial charge in [0.15, 0.2) is 17.3 Å². The van der Waals surface area contributed by atoms with Crippen molar-refractivity contribution in [1.29, 1.82) is 0 Å². The van der Waals surface area contributed by atoms with E-state index in [1.807, 2.05) is 0 Å². The van der Waals surface area contributed by atoms with Gasteiger partial charge in [0.2, 0.25) is 11.0 Å². The number of ether oxygens (including phenoxy) is 12. The van der Waals surface area contributed by atoms with Gasteiger partial charge in [-0.2, -0.15) is 20.2 Å². The molecule has 0 unspecified atom stereocenters. The van der Waals surface area contributed by atoms with Gasteiger partial charge < -0.3 is 87.5 Å². The summed E-state index contributed by atoms with van der Waals surface area (Å²) in [6.45, 7) is 10.7. The van der Waals surface area contributed by atoms with Crippen molar-refractivity contribution >= 4 is 48.7 Å². The van der Waals surface area contributed by atoms with Crippen LogP contribution in [0.3, 0.4) is 0 Å². The highest BCUT2D eigenvalue weighted by Gasteiger charge is 2.47. The number of anilines is 1. The van der Waals surface area contributed by atoms with Crippen molar-refractivity contribution in [3.05, 3.63) is 53.0 Å². The zero-order valence-corrected chi connectivity index (χ0v) is 46.0. The summed E-state index contributed by atoms with van der Waals surface area (Å²) in [6, 6.07) is 0.832. The van der Waals surface area contributed by atoms with E-state index in [1.165, 1.54) is 4.68 Å². The highest BCUT2D eigenvalue weighted by molar-refractivity contribution is 7.51.